The number of anilines is 1. The summed E-state index contributed by atoms with van der Waals surface area (Å²) < 4.78 is 6.09. The van der Waals surface area contributed by atoms with Gasteiger partial charge in [0.05, 0.1) is 11.7 Å². The first-order valence-corrected chi connectivity index (χ1v) is 7.69. The van der Waals surface area contributed by atoms with Gasteiger partial charge >= 0.3 is 0 Å². The minimum Gasteiger partial charge on any atom is -0.371 e. The molecule has 0 aromatic carbocycles. The van der Waals surface area contributed by atoms with E-state index in [1.807, 2.05) is 6.92 Å². The van der Waals surface area contributed by atoms with E-state index in [0.29, 0.717) is 6.10 Å². The van der Waals surface area contributed by atoms with Crippen molar-refractivity contribution < 1.29 is 4.74 Å². The van der Waals surface area contributed by atoms with Crippen molar-refractivity contribution in [1.29, 1.82) is 0 Å². The monoisotopic (exact) mass is 278 g/mol. The molecule has 0 bridgehead atoms. The number of aromatic amines is 1. The lowest BCUT2D eigenvalue weighted by atomic mass is 10.1. The average Bonchev–Trinajstić information content (AvgIpc) is 2.97. The number of hydrogen-bond acceptors (Lipinski definition) is 4. The van der Waals surface area contributed by atoms with Gasteiger partial charge in [0.1, 0.15) is 0 Å². The van der Waals surface area contributed by atoms with E-state index >= 15 is 0 Å². The summed E-state index contributed by atoms with van der Waals surface area (Å²) in [6, 6.07) is 2.12. The molecular formula is C15H26N4O. The molecule has 1 aromatic rings. The number of hydrogen-bond donors (Lipinski definition) is 1. The van der Waals surface area contributed by atoms with Gasteiger partial charge in [-0.1, -0.05) is 0 Å². The molecule has 5 heteroatoms. The largest absolute Gasteiger partial charge is 0.371 e. The Morgan fingerprint density at radius 2 is 2.10 bits per heavy atom. The molecule has 5 nitrogen and oxygen atoms in total. The predicted molar refractivity (Wildman–Crippen MR) is 80.2 cm³/mol. The summed E-state index contributed by atoms with van der Waals surface area (Å²) in [5, 5.41) is 7.36. The first-order valence-electron chi connectivity index (χ1n) is 7.69. The normalized spacial score (nSPS) is 27.1. The van der Waals surface area contributed by atoms with E-state index in [9.17, 15) is 0 Å². The molecular weight excluding hydrogens is 252 g/mol. The fourth-order valence-corrected chi connectivity index (χ4v) is 3.22. The number of aromatic nitrogens is 2. The van der Waals surface area contributed by atoms with Crippen LogP contribution in [0, 0.1) is 6.92 Å². The molecule has 1 unspecified atom stereocenters. The van der Waals surface area contributed by atoms with Crippen molar-refractivity contribution in [3.8, 4) is 0 Å². The van der Waals surface area contributed by atoms with Crippen LogP contribution in [0.1, 0.15) is 32.4 Å². The average molecular weight is 278 g/mol. The molecule has 0 spiro atoms. The van der Waals surface area contributed by atoms with Gasteiger partial charge in [-0.2, -0.15) is 5.10 Å². The molecule has 20 heavy (non-hydrogen) atoms. The van der Waals surface area contributed by atoms with Crippen molar-refractivity contribution in [2.45, 2.75) is 45.3 Å². The zero-order valence-corrected chi connectivity index (χ0v) is 12.9. The second-order valence-electron chi connectivity index (χ2n) is 6.74. The van der Waals surface area contributed by atoms with Gasteiger partial charge in [-0.05, 0) is 33.6 Å². The van der Waals surface area contributed by atoms with Crippen LogP contribution in [0.3, 0.4) is 0 Å². The number of piperazine rings is 1. The predicted octanol–water partition coefficient (Wildman–Crippen LogP) is 1.80. The van der Waals surface area contributed by atoms with Crippen molar-refractivity contribution in [3.63, 3.8) is 0 Å². The lowest BCUT2D eigenvalue weighted by molar-refractivity contribution is -0.0291. The van der Waals surface area contributed by atoms with E-state index in [0.717, 1.165) is 44.2 Å². The second kappa shape index (κ2) is 5.37. The van der Waals surface area contributed by atoms with Crippen LogP contribution in [-0.2, 0) is 4.74 Å². The van der Waals surface area contributed by atoms with Gasteiger partial charge in [-0.25, -0.2) is 0 Å². The SMILES string of the molecule is Cc1cc(N2CCN(CC3CCC(C)(C)O3)CC2)n[nH]1. The van der Waals surface area contributed by atoms with Gasteiger partial charge in [0, 0.05) is 44.5 Å². The molecule has 112 valence electrons. The van der Waals surface area contributed by atoms with Crippen molar-refractivity contribution in [1.82, 2.24) is 15.1 Å². The van der Waals surface area contributed by atoms with Crippen LogP contribution in [0.2, 0.25) is 0 Å². The minimum atomic E-state index is 0.0824. The topological polar surface area (TPSA) is 44.4 Å². The van der Waals surface area contributed by atoms with Crippen LogP contribution in [0.15, 0.2) is 6.07 Å². The summed E-state index contributed by atoms with van der Waals surface area (Å²) in [6.07, 6.45) is 2.81. The summed E-state index contributed by atoms with van der Waals surface area (Å²) in [5.74, 6) is 1.08. The van der Waals surface area contributed by atoms with E-state index in [4.69, 9.17) is 4.74 Å². The van der Waals surface area contributed by atoms with Gasteiger partial charge in [-0.3, -0.25) is 10.00 Å². The fraction of sp³-hybridized carbons (Fsp3) is 0.800. The first-order chi connectivity index (χ1) is 9.52. The Morgan fingerprint density at radius 1 is 1.35 bits per heavy atom. The van der Waals surface area contributed by atoms with E-state index in [-0.39, 0.29) is 5.60 Å². The van der Waals surface area contributed by atoms with Crippen LogP contribution < -0.4 is 4.90 Å². The van der Waals surface area contributed by atoms with E-state index < -0.39 is 0 Å². The molecule has 2 aliphatic rings. The lowest BCUT2D eigenvalue weighted by Crippen LogP contribution is -2.48. The molecule has 3 rings (SSSR count). The van der Waals surface area contributed by atoms with Crippen molar-refractivity contribution >= 4 is 5.82 Å². The highest BCUT2D eigenvalue weighted by Gasteiger charge is 2.33. The van der Waals surface area contributed by atoms with Crippen molar-refractivity contribution in [3.05, 3.63) is 11.8 Å². The van der Waals surface area contributed by atoms with Crippen LogP contribution in [-0.4, -0.2) is 59.5 Å². The zero-order valence-electron chi connectivity index (χ0n) is 12.9. The summed E-state index contributed by atoms with van der Waals surface area (Å²) in [6.45, 7) is 11.8. The van der Waals surface area contributed by atoms with Gasteiger partial charge in [-0.15, -0.1) is 0 Å². The summed E-state index contributed by atoms with van der Waals surface area (Å²) in [5.41, 5.74) is 1.21. The molecule has 0 aliphatic carbocycles. The molecule has 2 aliphatic heterocycles. The minimum absolute atomic E-state index is 0.0824. The summed E-state index contributed by atoms with van der Waals surface area (Å²) in [4.78, 5) is 4.89. The van der Waals surface area contributed by atoms with Gasteiger partial charge in [0.25, 0.3) is 0 Å². The standard InChI is InChI=1S/C15H26N4O/c1-12-10-14(17-16-12)19-8-6-18(7-9-19)11-13-4-5-15(2,3)20-13/h10,13H,4-9,11H2,1-3H3,(H,16,17). The van der Waals surface area contributed by atoms with Gasteiger partial charge < -0.3 is 9.64 Å². The third-order valence-electron chi connectivity index (χ3n) is 4.40. The summed E-state index contributed by atoms with van der Waals surface area (Å²) >= 11 is 0. The highest BCUT2D eigenvalue weighted by molar-refractivity contribution is 5.39. The highest BCUT2D eigenvalue weighted by atomic mass is 16.5. The Kier molecular flexibility index (Phi) is 3.73. The maximum Gasteiger partial charge on any atom is 0.150 e. The van der Waals surface area contributed by atoms with Gasteiger partial charge in [0.2, 0.25) is 0 Å². The number of H-pyrrole nitrogens is 1. The molecule has 1 N–H and O–H groups in total. The molecule has 0 radical (unpaired) electrons. The molecule has 1 aromatic heterocycles. The maximum absolute atomic E-state index is 6.09. The van der Waals surface area contributed by atoms with E-state index in [1.54, 1.807) is 0 Å². The zero-order chi connectivity index (χ0) is 14.2. The Labute approximate surface area is 121 Å². The van der Waals surface area contributed by atoms with Gasteiger partial charge in [0.15, 0.2) is 5.82 Å². The number of nitrogens with zero attached hydrogens (tertiary/aromatic N) is 3. The second-order valence-corrected chi connectivity index (χ2v) is 6.74. The third kappa shape index (κ3) is 3.15. The highest BCUT2D eigenvalue weighted by Crippen LogP contribution is 2.29. The molecule has 0 amide bonds. The van der Waals surface area contributed by atoms with Crippen molar-refractivity contribution in [2.75, 3.05) is 37.6 Å². The molecule has 1 atom stereocenters. The van der Waals surface area contributed by atoms with E-state index in [1.165, 1.54) is 12.8 Å². The third-order valence-corrected chi connectivity index (χ3v) is 4.40. The molecule has 3 heterocycles. The molecule has 0 saturated carbocycles. The lowest BCUT2D eigenvalue weighted by Gasteiger charge is -2.36. The summed E-state index contributed by atoms with van der Waals surface area (Å²) in [7, 11) is 0. The first kappa shape index (κ1) is 13.9. The number of rotatable bonds is 3. The van der Waals surface area contributed by atoms with Crippen molar-refractivity contribution in [2.24, 2.45) is 0 Å². The Hall–Kier alpha value is -1.07. The van der Waals surface area contributed by atoms with Crippen LogP contribution >= 0.6 is 0 Å². The quantitative estimate of drug-likeness (QED) is 0.915. The van der Waals surface area contributed by atoms with Crippen LogP contribution in [0.25, 0.3) is 0 Å². The molecule has 2 saturated heterocycles. The Bertz CT molecular complexity index is 448. The smallest absolute Gasteiger partial charge is 0.150 e. The fourth-order valence-electron chi connectivity index (χ4n) is 3.22. The van der Waals surface area contributed by atoms with Crippen LogP contribution in [0.4, 0.5) is 5.82 Å². The Balaban J connectivity index is 1.47. The number of nitrogens with one attached hydrogen (secondary N) is 1. The Morgan fingerprint density at radius 3 is 2.65 bits per heavy atom. The molecule has 2 fully saturated rings. The number of ether oxygens (including phenoxy) is 1. The van der Waals surface area contributed by atoms with E-state index in [2.05, 4.69) is 39.9 Å². The number of aryl methyl sites for hydroxylation is 1. The maximum atomic E-state index is 6.09. The van der Waals surface area contributed by atoms with Crippen LogP contribution in [0.5, 0.6) is 0 Å².